The number of halogens is 1. The molecule has 3 nitrogen and oxygen atoms in total. The zero-order valence-electron chi connectivity index (χ0n) is 13.9. The summed E-state index contributed by atoms with van der Waals surface area (Å²) >= 11 is 0. The van der Waals surface area contributed by atoms with Gasteiger partial charge in [-0.25, -0.2) is 0 Å². The molecule has 0 amide bonds. The number of likely N-dealkylation sites (tertiary alicyclic amines) is 1. The highest BCUT2D eigenvalue weighted by atomic mass is 35.5. The molecule has 0 aromatic heterocycles. The molecule has 4 heteroatoms. The van der Waals surface area contributed by atoms with E-state index in [0.717, 1.165) is 25.5 Å². The Morgan fingerprint density at radius 2 is 1.80 bits per heavy atom. The molecule has 0 saturated carbocycles. The Balaban J connectivity index is 0.00000200. The summed E-state index contributed by atoms with van der Waals surface area (Å²) in [4.78, 5) is 2.59. The summed E-state index contributed by atoms with van der Waals surface area (Å²) in [7, 11) is 0. The van der Waals surface area contributed by atoms with Crippen molar-refractivity contribution in [2.75, 3.05) is 26.2 Å². The van der Waals surface area contributed by atoms with Gasteiger partial charge in [-0.3, -0.25) is 5.32 Å². The molecule has 2 fully saturated rings. The normalized spacial score (nSPS) is 32.1. The third-order valence-corrected chi connectivity index (χ3v) is 4.78. The summed E-state index contributed by atoms with van der Waals surface area (Å²) in [5.41, 5.74) is 0.181. The van der Waals surface area contributed by atoms with Crippen LogP contribution in [0.25, 0.3) is 0 Å². The molecule has 2 heterocycles. The first-order chi connectivity index (χ1) is 8.80. The largest absolute Gasteiger partial charge is 0.360 e. The van der Waals surface area contributed by atoms with Crippen molar-refractivity contribution in [2.45, 2.75) is 65.6 Å². The van der Waals surface area contributed by atoms with Crippen LogP contribution in [0, 0.1) is 11.3 Å². The Morgan fingerprint density at radius 3 is 2.25 bits per heavy atom. The van der Waals surface area contributed by atoms with E-state index >= 15 is 0 Å². The van der Waals surface area contributed by atoms with E-state index in [1.54, 1.807) is 0 Å². The highest BCUT2D eigenvalue weighted by molar-refractivity contribution is 5.85. The van der Waals surface area contributed by atoms with Crippen molar-refractivity contribution in [1.29, 1.82) is 0 Å². The smallest absolute Gasteiger partial charge is 0.116 e. The number of nitrogens with one attached hydrogen (secondary N) is 1. The van der Waals surface area contributed by atoms with Crippen LogP contribution in [0.5, 0.6) is 0 Å². The standard InChI is InChI=1S/C16H32N2O.ClH/c1-13(2)18-8-6-14(7-9-18)10-16(5)17-11-15(3,4)12-19-16;/h13-14,17H,6-12H2,1-5H3;1H. The van der Waals surface area contributed by atoms with E-state index in [4.69, 9.17) is 4.74 Å². The van der Waals surface area contributed by atoms with Gasteiger partial charge in [0.15, 0.2) is 0 Å². The number of ether oxygens (including phenoxy) is 1. The van der Waals surface area contributed by atoms with Crippen molar-refractivity contribution in [3.63, 3.8) is 0 Å². The van der Waals surface area contributed by atoms with Gasteiger partial charge in [-0.2, -0.15) is 0 Å². The molecule has 2 aliphatic heterocycles. The molecule has 0 aromatic rings. The van der Waals surface area contributed by atoms with Crippen LogP contribution in [-0.4, -0.2) is 42.9 Å². The Labute approximate surface area is 131 Å². The topological polar surface area (TPSA) is 24.5 Å². The van der Waals surface area contributed by atoms with Crippen LogP contribution in [0.2, 0.25) is 0 Å². The summed E-state index contributed by atoms with van der Waals surface area (Å²) in [5, 5.41) is 3.63. The monoisotopic (exact) mass is 304 g/mol. The van der Waals surface area contributed by atoms with Gasteiger partial charge >= 0.3 is 0 Å². The maximum atomic E-state index is 6.13. The van der Waals surface area contributed by atoms with Crippen LogP contribution >= 0.6 is 12.4 Å². The number of piperidine rings is 1. The lowest BCUT2D eigenvalue weighted by molar-refractivity contribution is -0.139. The molecule has 0 aliphatic carbocycles. The molecular weight excluding hydrogens is 272 g/mol. The molecule has 2 rings (SSSR count). The molecule has 1 unspecified atom stereocenters. The summed E-state index contributed by atoms with van der Waals surface area (Å²) in [5.74, 6) is 0.814. The van der Waals surface area contributed by atoms with Gasteiger partial charge in [0.2, 0.25) is 0 Å². The van der Waals surface area contributed by atoms with Crippen molar-refractivity contribution in [1.82, 2.24) is 10.2 Å². The molecule has 1 atom stereocenters. The van der Waals surface area contributed by atoms with Crippen molar-refractivity contribution in [3.8, 4) is 0 Å². The van der Waals surface area contributed by atoms with Crippen molar-refractivity contribution >= 4 is 12.4 Å². The van der Waals surface area contributed by atoms with Gasteiger partial charge in [-0.15, -0.1) is 12.4 Å². The minimum atomic E-state index is -0.0970. The van der Waals surface area contributed by atoms with Crippen LogP contribution in [0.3, 0.4) is 0 Å². The van der Waals surface area contributed by atoms with Crippen molar-refractivity contribution in [3.05, 3.63) is 0 Å². The Kier molecular flexibility index (Phi) is 6.33. The summed E-state index contributed by atoms with van der Waals surface area (Å²) in [6.07, 6.45) is 3.80. The van der Waals surface area contributed by atoms with E-state index in [1.807, 2.05) is 0 Å². The van der Waals surface area contributed by atoms with Gasteiger partial charge in [0, 0.05) is 18.0 Å². The first kappa shape index (κ1) is 18.2. The van der Waals surface area contributed by atoms with E-state index in [9.17, 15) is 0 Å². The Morgan fingerprint density at radius 1 is 1.20 bits per heavy atom. The Hall–Kier alpha value is 0.170. The predicted molar refractivity (Wildman–Crippen MR) is 87.4 cm³/mol. The Bertz CT molecular complexity index is 289. The molecule has 2 aliphatic rings. The SMILES string of the molecule is CC(C)N1CCC(CC2(C)NCC(C)(C)CO2)CC1.Cl. The molecule has 0 radical (unpaired) electrons. The second kappa shape index (κ2) is 6.95. The van der Waals surface area contributed by atoms with E-state index in [0.29, 0.717) is 6.04 Å². The van der Waals surface area contributed by atoms with Crippen molar-refractivity contribution < 1.29 is 4.74 Å². The lowest BCUT2D eigenvalue weighted by atomic mass is 9.86. The minimum Gasteiger partial charge on any atom is -0.360 e. The third kappa shape index (κ3) is 4.87. The molecule has 2 saturated heterocycles. The molecule has 0 spiro atoms. The van der Waals surface area contributed by atoms with E-state index in [1.165, 1.54) is 25.9 Å². The van der Waals surface area contributed by atoms with Crippen LogP contribution in [-0.2, 0) is 4.74 Å². The van der Waals surface area contributed by atoms with Gasteiger partial charge < -0.3 is 9.64 Å². The number of nitrogens with zero attached hydrogens (tertiary/aromatic N) is 1. The van der Waals surface area contributed by atoms with Gasteiger partial charge in [-0.1, -0.05) is 13.8 Å². The second-order valence-corrected chi connectivity index (χ2v) is 7.81. The van der Waals surface area contributed by atoms with E-state index < -0.39 is 0 Å². The fourth-order valence-electron chi connectivity index (χ4n) is 3.24. The lowest BCUT2D eigenvalue weighted by Crippen LogP contribution is -2.57. The van der Waals surface area contributed by atoms with E-state index in [2.05, 4.69) is 44.8 Å². The molecule has 120 valence electrons. The van der Waals surface area contributed by atoms with Gasteiger partial charge in [-0.05, 0) is 59.0 Å². The zero-order chi connectivity index (χ0) is 14.1. The molecular formula is C16H33ClN2O. The fourth-order valence-corrected chi connectivity index (χ4v) is 3.24. The van der Waals surface area contributed by atoms with E-state index in [-0.39, 0.29) is 23.5 Å². The zero-order valence-corrected chi connectivity index (χ0v) is 14.7. The predicted octanol–water partition coefficient (Wildman–Crippen LogP) is 3.28. The number of hydrogen-bond donors (Lipinski definition) is 1. The van der Waals surface area contributed by atoms with Crippen molar-refractivity contribution in [2.24, 2.45) is 11.3 Å². The van der Waals surface area contributed by atoms with Crippen LogP contribution in [0.4, 0.5) is 0 Å². The highest BCUT2D eigenvalue weighted by Crippen LogP contribution is 2.32. The molecule has 1 N–H and O–H groups in total. The molecule has 20 heavy (non-hydrogen) atoms. The van der Waals surface area contributed by atoms with Gasteiger partial charge in [0.1, 0.15) is 5.72 Å². The van der Waals surface area contributed by atoms with Crippen LogP contribution < -0.4 is 5.32 Å². The third-order valence-electron chi connectivity index (χ3n) is 4.78. The summed E-state index contributed by atoms with van der Waals surface area (Å²) in [6, 6.07) is 0.696. The summed E-state index contributed by atoms with van der Waals surface area (Å²) < 4.78 is 6.13. The van der Waals surface area contributed by atoms with Crippen LogP contribution in [0.15, 0.2) is 0 Å². The number of hydrogen-bond acceptors (Lipinski definition) is 3. The van der Waals surface area contributed by atoms with Crippen LogP contribution in [0.1, 0.15) is 53.9 Å². The highest BCUT2D eigenvalue weighted by Gasteiger charge is 2.37. The maximum absolute atomic E-state index is 6.13. The number of rotatable bonds is 3. The fraction of sp³-hybridized carbons (Fsp3) is 1.00. The first-order valence-electron chi connectivity index (χ1n) is 7.93. The quantitative estimate of drug-likeness (QED) is 0.866. The minimum absolute atomic E-state index is 0. The molecule has 0 bridgehead atoms. The van der Waals surface area contributed by atoms with Gasteiger partial charge in [0.25, 0.3) is 0 Å². The lowest BCUT2D eigenvalue weighted by Gasteiger charge is -2.45. The summed E-state index contributed by atoms with van der Waals surface area (Å²) in [6.45, 7) is 15.8. The maximum Gasteiger partial charge on any atom is 0.116 e. The average molecular weight is 305 g/mol. The van der Waals surface area contributed by atoms with Gasteiger partial charge in [0.05, 0.1) is 6.61 Å². The second-order valence-electron chi connectivity index (χ2n) is 7.81. The average Bonchev–Trinajstić information content (AvgIpc) is 2.34. The molecule has 0 aromatic carbocycles. The first-order valence-corrected chi connectivity index (χ1v) is 7.93.